The quantitative estimate of drug-likeness (QED) is 0.524. The summed E-state index contributed by atoms with van der Waals surface area (Å²) in [5.74, 6) is 0.232. The Bertz CT molecular complexity index is 1140. The highest BCUT2D eigenvalue weighted by molar-refractivity contribution is 5.95. The number of carbonyl (C=O) groups excluding carboxylic acids is 2. The molecule has 0 bridgehead atoms. The first kappa shape index (κ1) is 22.1. The molecule has 6 nitrogen and oxygen atoms in total. The molecular formula is C27H26N2O4. The van der Waals surface area contributed by atoms with Gasteiger partial charge in [-0.1, -0.05) is 72.8 Å². The minimum absolute atomic E-state index is 0.151. The number of urea groups is 1. The Hall–Kier alpha value is -4.06. The average Bonchev–Trinajstić information content (AvgIpc) is 2.86. The standard InChI is InChI=1S/C27H26N2O4/c1-19-24(26(30)33-18-21-11-7-4-8-12-21)25(22-13-15-23(32-2)16-14-22)28-27(31)29(19)17-20-9-5-3-6-10-20/h3-16,25H,17-18H2,1-2H3,(H,28,31)/t25-/m1/s1. The van der Waals surface area contributed by atoms with Crippen LogP contribution in [-0.4, -0.2) is 24.0 Å². The molecule has 1 aliphatic rings. The van der Waals surface area contributed by atoms with E-state index in [1.54, 1.807) is 31.1 Å². The highest BCUT2D eigenvalue weighted by Crippen LogP contribution is 2.33. The maximum atomic E-state index is 13.3. The highest BCUT2D eigenvalue weighted by Gasteiger charge is 2.36. The van der Waals surface area contributed by atoms with Crippen LogP contribution in [0.2, 0.25) is 0 Å². The summed E-state index contributed by atoms with van der Waals surface area (Å²) < 4.78 is 10.9. The van der Waals surface area contributed by atoms with E-state index < -0.39 is 12.0 Å². The molecule has 3 aromatic rings. The lowest BCUT2D eigenvalue weighted by atomic mass is 9.94. The number of ether oxygens (including phenoxy) is 2. The van der Waals surface area contributed by atoms with Gasteiger partial charge in [0.25, 0.3) is 0 Å². The number of amides is 2. The van der Waals surface area contributed by atoms with Gasteiger partial charge >= 0.3 is 12.0 Å². The first-order chi connectivity index (χ1) is 16.1. The molecule has 6 heteroatoms. The Labute approximate surface area is 193 Å². The largest absolute Gasteiger partial charge is 0.497 e. The number of allylic oxidation sites excluding steroid dienone is 1. The van der Waals surface area contributed by atoms with Crippen LogP contribution in [-0.2, 0) is 22.7 Å². The molecule has 0 spiro atoms. The molecular weight excluding hydrogens is 416 g/mol. The number of benzene rings is 3. The van der Waals surface area contributed by atoms with E-state index >= 15 is 0 Å². The summed E-state index contributed by atoms with van der Waals surface area (Å²) in [5, 5.41) is 2.99. The van der Waals surface area contributed by atoms with E-state index in [9.17, 15) is 9.59 Å². The van der Waals surface area contributed by atoms with Crippen LogP contribution in [0.15, 0.2) is 96.2 Å². The van der Waals surface area contributed by atoms with Crippen molar-refractivity contribution >= 4 is 12.0 Å². The van der Waals surface area contributed by atoms with Gasteiger partial charge in [0, 0.05) is 5.70 Å². The number of methoxy groups -OCH3 is 1. The van der Waals surface area contributed by atoms with E-state index in [4.69, 9.17) is 9.47 Å². The van der Waals surface area contributed by atoms with Gasteiger partial charge in [0.15, 0.2) is 0 Å². The molecule has 0 saturated heterocycles. The summed E-state index contributed by atoms with van der Waals surface area (Å²) in [6, 6.07) is 25.6. The number of carbonyl (C=O) groups is 2. The summed E-state index contributed by atoms with van der Waals surface area (Å²) in [6.45, 7) is 2.29. The molecule has 0 fully saturated rings. The molecule has 2 amide bonds. The predicted molar refractivity (Wildman–Crippen MR) is 125 cm³/mol. The van der Waals surface area contributed by atoms with Crippen molar-refractivity contribution < 1.29 is 19.1 Å². The fourth-order valence-corrected chi connectivity index (χ4v) is 3.85. The number of nitrogens with one attached hydrogen (secondary N) is 1. The summed E-state index contributed by atoms with van der Waals surface area (Å²) >= 11 is 0. The maximum absolute atomic E-state index is 13.3. The van der Waals surface area contributed by atoms with Crippen molar-refractivity contribution in [2.75, 3.05) is 7.11 Å². The Balaban J connectivity index is 1.67. The third-order valence-corrected chi connectivity index (χ3v) is 5.66. The van der Waals surface area contributed by atoms with Gasteiger partial charge in [0.05, 0.1) is 25.3 Å². The minimum atomic E-state index is -0.626. The lowest BCUT2D eigenvalue weighted by Gasteiger charge is -2.35. The lowest BCUT2D eigenvalue weighted by Crippen LogP contribution is -2.47. The van der Waals surface area contributed by atoms with Gasteiger partial charge in [0.2, 0.25) is 0 Å². The number of nitrogens with zero attached hydrogens (tertiary/aromatic N) is 1. The van der Waals surface area contributed by atoms with Crippen molar-refractivity contribution in [2.45, 2.75) is 26.1 Å². The molecule has 4 rings (SSSR count). The molecule has 0 radical (unpaired) electrons. The summed E-state index contributed by atoms with van der Waals surface area (Å²) in [4.78, 5) is 28.0. The van der Waals surface area contributed by atoms with Crippen molar-refractivity contribution in [3.8, 4) is 5.75 Å². The monoisotopic (exact) mass is 442 g/mol. The van der Waals surface area contributed by atoms with Crippen molar-refractivity contribution in [1.82, 2.24) is 10.2 Å². The van der Waals surface area contributed by atoms with Crippen LogP contribution in [0.4, 0.5) is 4.79 Å². The molecule has 168 valence electrons. The zero-order valence-electron chi connectivity index (χ0n) is 18.7. The van der Waals surface area contributed by atoms with Crippen molar-refractivity contribution in [3.05, 3.63) is 113 Å². The molecule has 33 heavy (non-hydrogen) atoms. The minimum Gasteiger partial charge on any atom is -0.497 e. The van der Waals surface area contributed by atoms with Crippen LogP contribution < -0.4 is 10.1 Å². The van der Waals surface area contributed by atoms with E-state index in [2.05, 4.69) is 5.32 Å². The molecule has 0 unspecified atom stereocenters. The topological polar surface area (TPSA) is 67.9 Å². The molecule has 1 aliphatic heterocycles. The summed E-state index contributed by atoms with van der Waals surface area (Å²) in [5.41, 5.74) is 3.61. The Kier molecular flexibility index (Phi) is 6.74. The molecule has 0 aliphatic carbocycles. The van der Waals surface area contributed by atoms with Crippen LogP contribution in [0.3, 0.4) is 0 Å². The zero-order chi connectivity index (χ0) is 23.2. The van der Waals surface area contributed by atoms with E-state index in [1.807, 2.05) is 72.8 Å². The normalized spacial score (nSPS) is 15.8. The van der Waals surface area contributed by atoms with Crippen LogP contribution in [0.25, 0.3) is 0 Å². The van der Waals surface area contributed by atoms with Crippen LogP contribution in [0, 0.1) is 0 Å². The van der Waals surface area contributed by atoms with Gasteiger partial charge in [-0.25, -0.2) is 9.59 Å². The van der Waals surface area contributed by atoms with E-state index in [0.717, 1.165) is 16.7 Å². The van der Waals surface area contributed by atoms with Crippen molar-refractivity contribution in [1.29, 1.82) is 0 Å². The SMILES string of the molecule is COc1ccc([C@H]2NC(=O)N(Cc3ccccc3)C(C)=C2C(=O)OCc2ccccc2)cc1. The number of hydrogen-bond donors (Lipinski definition) is 1. The molecule has 3 aromatic carbocycles. The highest BCUT2D eigenvalue weighted by atomic mass is 16.5. The van der Waals surface area contributed by atoms with E-state index in [0.29, 0.717) is 23.6 Å². The predicted octanol–water partition coefficient (Wildman–Crippen LogP) is 4.98. The van der Waals surface area contributed by atoms with Crippen molar-refractivity contribution in [2.24, 2.45) is 0 Å². The third-order valence-electron chi connectivity index (χ3n) is 5.66. The second-order valence-corrected chi connectivity index (χ2v) is 7.79. The lowest BCUT2D eigenvalue weighted by molar-refractivity contribution is -0.141. The molecule has 1 N–H and O–H groups in total. The summed E-state index contributed by atoms with van der Waals surface area (Å²) in [6.07, 6.45) is 0. The molecule has 0 aromatic heterocycles. The van der Waals surface area contributed by atoms with Gasteiger partial charge in [-0.15, -0.1) is 0 Å². The first-order valence-corrected chi connectivity index (χ1v) is 10.7. The summed E-state index contributed by atoms with van der Waals surface area (Å²) in [7, 11) is 1.59. The number of rotatable bonds is 7. The fourth-order valence-electron chi connectivity index (χ4n) is 3.85. The zero-order valence-corrected chi connectivity index (χ0v) is 18.7. The molecule has 1 heterocycles. The first-order valence-electron chi connectivity index (χ1n) is 10.7. The second kappa shape index (κ2) is 10.0. The van der Waals surface area contributed by atoms with Gasteiger partial charge in [-0.05, 0) is 35.7 Å². The van der Waals surface area contributed by atoms with Gasteiger partial charge in [-0.3, -0.25) is 4.90 Å². The Morgan fingerprint density at radius 3 is 2.12 bits per heavy atom. The number of hydrogen-bond acceptors (Lipinski definition) is 4. The number of esters is 1. The Morgan fingerprint density at radius 1 is 0.909 bits per heavy atom. The van der Waals surface area contributed by atoms with Gasteiger partial charge < -0.3 is 14.8 Å². The van der Waals surface area contributed by atoms with Crippen LogP contribution >= 0.6 is 0 Å². The van der Waals surface area contributed by atoms with Gasteiger partial charge in [0.1, 0.15) is 12.4 Å². The van der Waals surface area contributed by atoms with E-state index in [-0.39, 0.29) is 12.6 Å². The second-order valence-electron chi connectivity index (χ2n) is 7.79. The average molecular weight is 443 g/mol. The molecule has 1 atom stereocenters. The maximum Gasteiger partial charge on any atom is 0.338 e. The third kappa shape index (κ3) is 5.06. The Morgan fingerprint density at radius 2 is 1.52 bits per heavy atom. The smallest absolute Gasteiger partial charge is 0.338 e. The van der Waals surface area contributed by atoms with Crippen LogP contribution in [0.5, 0.6) is 5.75 Å². The van der Waals surface area contributed by atoms with Crippen LogP contribution in [0.1, 0.15) is 29.7 Å². The molecule has 0 saturated carbocycles. The van der Waals surface area contributed by atoms with E-state index in [1.165, 1.54) is 0 Å². The van der Waals surface area contributed by atoms with Gasteiger partial charge in [-0.2, -0.15) is 0 Å². The fraction of sp³-hybridized carbons (Fsp3) is 0.185. The van der Waals surface area contributed by atoms with Crippen molar-refractivity contribution in [3.63, 3.8) is 0 Å².